The molecule has 2 saturated carbocycles. The van der Waals surface area contributed by atoms with Crippen LogP contribution in [0.5, 0.6) is 0 Å². The van der Waals surface area contributed by atoms with E-state index < -0.39 is 0 Å². The number of hydrogen-bond acceptors (Lipinski definition) is 4. The molecule has 1 saturated heterocycles. The predicted molar refractivity (Wildman–Crippen MR) is 88.7 cm³/mol. The molecule has 6 nitrogen and oxygen atoms in total. The van der Waals surface area contributed by atoms with Crippen LogP contribution in [0.1, 0.15) is 50.5 Å². The minimum atomic E-state index is -0.159. The fraction of sp³-hybridized carbons (Fsp3) is 0.722. The number of nitrogens with zero attached hydrogens (tertiary/aromatic N) is 4. The van der Waals surface area contributed by atoms with E-state index in [-0.39, 0.29) is 17.0 Å². The number of hydrogen-bond donors (Lipinski definition) is 0. The highest BCUT2D eigenvalue weighted by Crippen LogP contribution is 2.54. The summed E-state index contributed by atoms with van der Waals surface area (Å²) >= 11 is 0. The lowest BCUT2D eigenvalue weighted by molar-refractivity contribution is 0.0123. The maximum atomic E-state index is 12.7. The lowest BCUT2D eigenvalue weighted by Gasteiger charge is -2.19. The van der Waals surface area contributed by atoms with E-state index in [1.807, 2.05) is 17.4 Å². The van der Waals surface area contributed by atoms with Gasteiger partial charge in [0, 0.05) is 37.2 Å². The third-order valence-corrected chi connectivity index (χ3v) is 6.28. The third kappa shape index (κ3) is 2.11. The average Bonchev–Trinajstić information content (AvgIpc) is 3.19. The average molecular weight is 328 g/mol. The van der Waals surface area contributed by atoms with Crippen LogP contribution in [-0.4, -0.2) is 44.8 Å². The first-order valence-corrected chi connectivity index (χ1v) is 8.95. The van der Waals surface area contributed by atoms with E-state index in [1.54, 1.807) is 0 Å². The summed E-state index contributed by atoms with van der Waals surface area (Å²) in [5, 5.41) is 4.30. The summed E-state index contributed by atoms with van der Waals surface area (Å²) in [7, 11) is 0. The molecule has 0 bridgehead atoms. The lowest BCUT2D eigenvalue weighted by atomic mass is 9.98. The number of rotatable bonds is 3. The van der Waals surface area contributed by atoms with Crippen LogP contribution in [0.2, 0.25) is 0 Å². The molecule has 1 aromatic heterocycles. The highest BCUT2D eigenvalue weighted by molar-refractivity contribution is 5.94. The summed E-state index contributed by atoms with van der Waals surface area (Å²) in [6.45, 7) is 8.03. The number of fused-ring (bicyclic) bond motifs is 1. The number of imidazole rings is 1. The number of oxime groups is 1. The summed E-state index contributed by atoms with van der Waals surface area (Å²) in [6, 6.07) is 0. The van der Waals surface area contributed by atoms with E-state index in [9.17, 15) is 4.79 Å². The Morgan fingerprint density at radius 1 is 1.25 bits per heavy atom. The largest absolute Gasteiger partial charge is 0.389 e. The molecule has 3 heterocycles. The van der Waals surface area contributed by atoms with E-state index in [0.29, 0.717) is 23.4 Å². The van der Waals surface area contributed by atoms with Crippen molar-refractivity contribution in [1.29, 1.82) is 0 Å². The van der Waals surface area contributed by atoms with Crippen LogP contribution in [0.25, 0.3) is 0 Å². The molecule has 3 atom stereocenters. The molecular formula is C18H24N4O2. The topological polar surface area (TPSA) is 59.7 Å². The van der Waals surface area contributed by atoms with Crippen LogP contribution in [0, 0.1) is 17.8 Å². The van der Waals surface area contributed by atoms with Crippen molar-refractivity contribution in [3.8, 4) is 0 Å². The molecule has 0 radical (unpaired) electrons. The summed E-state index contributed by atoms with van der Waals surface area (Å²) in [4.78, 5) is 24.5. The number of carbonyl (C=O) groups excluding carboxylic acids is 1. The normalized spacial score (nSPS) is 34.5. The van der Waals surface area contributed by atoms with Crippen molar-refractivity contribution in [2.75, 3.05) is 13.1 Å². The predicted octanol–water partition coefficient (Wildman–Crippen LogP) is 2.27. The Morgan fingerprint density at radius 3 is 2.54 bits per heavy atom. The number of aromatic nitrogens is 2. The molecule has 1 amide bonds. The fourth-order valence-electron chi connectivity index (χ4n) is 4.38. The minimum absolute atomic E-state index is 0.0777. The first kappa shape index (κ1) is 14.5. The quantitative estimate of drug-likeness (QED) is 0.855. The molecule has 2 aliphatic heterocycles. The van der Waals surface area contributed by atoms with Gasteiger partial charge in [-0.05, 0) is 45.4 Å². The van der Waals surface area contributed by atoms with Gasteiger partial charge < -0.3 is 14.3 Å². The van der Waals surface area contributed by atoms with Gasteiger partial charge in [-0.15, -0.1) is 0 Å². The van der Waals surface area contributed by atoms with Gasteiger partial charge in [0.25, 0.3) is 5.91 Å². The van der Waals surface area contributed by atoms with E-state index in [0.717, 1.165) is 19.5 Å². The second-order valence-electron chi connectivity index (χ2n) is 8.84. The van der Waals surface area contributed by atoms with E-state index >= 15 is 0 Å². The Bertz CT molecular complexity index is 734. The molecule has 0 N–H and O–H groups in total. The van der Waals surface area contributed by atoms with Crippen LogP contribution in [0.3, 0.4) is 0 Å². The molecule has 1 unspecified atom stereocenters. The molecular weight excluding hydrogens is 304 g/mol. The zero-order valence-corrected chi connectivity index (χ0v) is 14.5. The van der Waals surface area contributed by atoms with Crippen molar-refractivity contribution in [2.45, 2.75) is 51.2 Å². The summed E-state index contributed by atoms with van der Waals surface area (Å²) in [5.74, 6) is 1.73. The second kappa shape index (κ2) is 4.41. The van der Waals surface area contributed by atoms with Crippen LogP contribution in [0.4, 0.5) is 0 Å². The SMILES string of the molecule is CC1(C)CC(C2[C@H]3CN(C(=O)c4cn(C5(C)CC5)cn4)C[C@@H]23)=NO1. The Balaban J connectivity index is 1.23. The summed E-state index contributed by atoms with van der Waals surface area (Å²) in [6.07, 6.45) is 7.00. The van der Waals surface area contributed by atoms with Gasteiger partial charge >= 0.3 is 0 Å². The fourth-order valence-corrected chi connectivity index (χ4v) is 4.38. The first-order valence-electron chi connectivity index (χ1n) is 8.95. The van der Waals surface area contributed by atoms with Crippen molar-refractivity contribution in [3.63, 3.8) is 0 Å². The lowest BCUT2D eigenvalue weighted by Crippen LogP contribution is -2.33. The van der Waals surface area contributed by atoms with Gasteiger partial charge in [0.2, 0.25) is 0 Å². The van der Waals surface area contributed by atoms with Crippen LogP contribution in [0.15, 0.2) is 17.7 Å². The van der Waals surface area contributed by atoms with Gasteiger partial charge in [0.05, 0.1) is 12.0 Å². The van der Waals surface area contributed by atoms with Crippen LogP contribution >= 0.6 is 0 Å². The Hall–Kier alpha value is -1.85. The highest BCUT2D eigenvalue weighted by Gasteiger charge is 2.60. The van der Waals surface area contributed by atoms with Crippen molar-refractivity contribution >= 4 is 11.6 Å². The maximum Gasteiger partial charge on any atom is 0.274 e. The van der Waals surface area contributed by atoms with Gasteiger partial charge in [-0.25, -0.2) is 4.98 Å². The summed E-state index contributed by atoms with van der Waals surface area (Å²) < 4.78 is 2.10. The van der Waals surface area contributed by atoms with Gasteiger partial charge in [0.1, 0.15) is 11.3 Å². The number of piperidine rings is 1. The third-order valence-electron chi connectivity index (χ3n) is 6.28. The van der Waals surface area contributed by atoms with Crippen LogP contribution in [-0.2, 0) is 10.4 Å². The van der Waals surface area contributed by atoms with Gasteiger partial charge in [-0.2, -0.15) is 0 Å². The van der Waals surface area contributed by atoms with Crippen molar-refractivity contribution in [1.82, 2.24) is 14.5 Å². The molecule has 2 aliphatic carbocycles. The Morgan fingerprint density at radius 2 is 1.96 bits per heavy atom. The smallest absolute Gasteiger partial charge is 0.274 e. The molecule has 3 fully saturated rings. The van der Waals surface area contributed by atoms with Gasteiger partial charge in [-0.3, -0.25) is 4.79 Å². The monoisotopic (exact) mass is 328 g/mol. The number of carbonyl (C=O) groups is 1. The van der Waals surface area contributed by atoms with Gasteiger partial charge in [-0.1, -0.05) is 5.16 Å². The molecule has 0 aromatic carbocycles. The van der Waals surface area contributed by atoms with Crippen molar-refractivity contribution in [2.24, 2.45) is 22.9 Å². The molecule has 128 valence electrons. The van der Waals surface area contributed by atoms with Crippen LogP contribution < -0.4 is 0 Å². The van der Waals surface area contributed by atoms with E-state index in [1.165, 1.54) is 18.6 Å². The molecule has 4 aliphatic rings. The zero-order chi connectivity index (χ0) is 16.7. The number of likely N-dealkylation sites (tertiary alicyclic amines) is 1. The molecule has 6 heteroatoms. The molecule has 0 spiro atoms. The van der Waals surface area contributed by atoms with E-state index in [2.05, 4.69) is 35.5 Å². The zero-order valence-electron chi connectivity index (χ0n) is 14.5. The Labute approximate surface area is 141 Å². The molecule has 1 aromatic rings. The van der Waals surface area contributed by atoms with E-state index in [4.69, 9.17) is 4.84 Å². The molecule has 5 rings (SSSR count). The maximum absolute atomic E-state index is 12.7. The van der Waals surface area contributed by atoms with Gasteiger partial charge in [0.15, 0.2) is 0 Å². The Kier molecular flexibility index (Phi) is 2.66. The second-order valence-corrected chi connectivity index (χ2v) is 8.84. The highest BCUT2D eigenvalue weighted by atomic mass is 16.7. The molecule has 24 heavy (non-hydrogen) atoms. The first-order chi connectivity index (χ1) is 11.4. The van der Waals surface area contributed by atoms with Crippen molar-refractivity contribution < 1.29 is 9.63 Å². The summed E-state index contributed by atoms with van der Waals surface area (Å²) in [5.41, 5.74) is 1.82. The standard InChI is InChI=1S/C18H24N4O2/c1-17(2)6-13(20-24-17)15-11-7-21(8-12(11)15)16(23)14-9-22(10-19-14)18(3)4-5-18/h9-12,15H,4-8H2,1-3H3/t11-,12+,15?. The number of amides is 1. The van der Waals surface area contributed by atoms with Crippen molar-refractivity contribution in [3.05, 3.63) is 18.2 Å². The minimum Gasteiger partial charge on any atom is -0.389 e.